The van der Waals surface area contributed by atoms with Crippen LogP contribution in [0.2, 0.25) is 5.02 Å². The van der Waals surface area contributed by atoms with Gasteiger partial charge in [-0.05, 0) is 62.5 Å². The fourth-order valence-electron chi connectivity index (χ4n) is 1.54. The van der Waals surface area contributed by atoms with E-state index in [1.54, 1.807) is 6.07 Å². The Kier molecular flexibility index (Phi) is 4.60. The fraction of sp³-hybridized carbons (Fsp3) is 0.0769. The number of carbonyl (C=O) groups excluding carboxylic acids is 1. The molecule has 0 fully saturated rings. The summed E-state index contributed by atoms with van der Waals surface area (Å²) in [6.07, 6.45) is 2.98. The molecule has 3 nitrogen and oxygen atoms in total. The second kappa shape index (κ2) is 6.03. The van der Waals surface area contributed by atoms with Crippen LogP contribution >= 0.6 is 43.5 Å². The van der Waals surface area contributed by atoms with Crippen molar-refractivity contribution in [2.24, 2.45) is 0 Å². The number of anilines is 1. The van der Waals surface area contributed by atoms with Crippen molar-refractivity contribution in [2.45, 2.75) is 6.92 Å². The minimum absolute atomic E-state index is 0.302. The Labute approximate surface area is 132 Å². The van der Waals surface area contributed by atoms with Gasteiger partial charge in [-0.3, -0.25) is 9.78 Å². The molecule has 98 valence electrons. The molecule has 0 saturated carbocycles. The lowest BCUT2D eigenvalue weighted by molar-refractivity contribution is 0.102. The van der Waals surface area contributed by atoms with Gasteiger partial charge in [0.05, 0.1) is 16.3 Å². The number of aryl methyl sites for hydroxylation is 1. The molecule has 2 rings (SSSR count). The summed E-state index contributed by atoms with van der Waals surface area (Å²) in [7, 11) is 0. The summed E-state index contributed by atoms with van der Waals surface area (Å²) in [5.41, 5.74) is 2.08. The third kappa shape index (κ3) is 3.35. The third-order valence-corrected chi connectivity index (χ3v) is 4.02. The van der Waals surface area contributed by atoms with Gasteiger partial charge in [0.2, 0.25) is 0 Å². The molecule has 0 aliphatic heterocycles. The summed E-state index contributed by atoms with van der Waals surface area (Å²) >= 11 is 12.8. The van der Waals surface area contributed by atoms with E-state index in [1.165, 1.54) is 12.4 Å². The van der Waals surface area contributed by atoms with Crippen LogP contribution in [0.4, 0.5) is 5.69 Å². The van der Waals surface area contributed by atoms with E-state index in [1.807, 2.05) is 19.1 Å². The Balaban J connectivity index is 2.32. The first-order chi connectivity index (χ1) is 8.99. The number of aromatic nitrogens is 1. The number of hydrogen-bond acceptors (Lipinski definition) is 2. The van der Waals surface area contributed by atoms with Gasteiger partial charge >= 0.3 is 0 Å². The van der Waals surface area contributed by atoms with Crippen LogP contribution in [0.15, 0.2) is 39.5 Å². The summed E-state index contributed by atoms with van der Waals surface area (Å²) in [6, 6.07) is 5.42. The van der Waals surface area contributed by atoms with E-state index in [4.69, 9.17) is 11.6 Å². The molecule has 19 heavy (non-hydrogen) atoms. The minimum atomic E-state index is -0.302. The van der Waals surface area contributed by atoms with Crippen molar-refractivity contribution >= 4 is 55.1 Å². The Hall–Kier alpha value is -0.910. The average Bonchev–Trinajstić information content (AvgIpc) is 2.34. The molecule has 6 heteroatoms. The van der Waals surface area contributed by atoms with E-state index in [2.05, 4.69) is 42.2 Å². The number of nitrogens with one attached hydrogen (secondary N) is 1. The minimum Gasteiger partial charge on any atom is -0.320 e. The van der Waals surface area contributed by atoms with Crippen LogP contribution in [-0.4, -0.2) is 10.9 Å². The zero-order valence-corrected chi connectivity index (χ0v) is 13.8. The lowest BCUT2D eigenvalue weighted by Gasteiger charge is -2.11. The highest BCUT2D eigenvalue weighted by Gasteiger charge is 2.14. The van der Waals surface area contributed by atoms with E-state index < -0.39 is 0 Å². The summed E-state index contributed by atoms with van der Waals surface area (Å²) in [5, 5.41) is 3.17. The molecule has 0 unspecified atom stereocenters. The number of rotatable bonds is 2. The molecule has 1 N–H and O–H groups in total. The highest BCUT2D eigenvalue weighted by molar-refractivity contribution is 9.11. The summed E-state index contributed by atoms with van der Waals surface area (Å²) < 4.78 is 1.60. The normalized spacial score (nSPS) is 10.3. The van der Waals surface area contributed by atoms with Crippen LogP contribution in [0, 0.1) is 6.92 Å². The van der Waals surface area contributed by atoms with Crippen LogP contribution in [0.3, 0.4) is 0 Å². The smallest absolute Gasteiger partial charge is 0.258 e. The second-order valence-corrected chi connectivity index (χ2v) is 6.03. The number of carbonyl (C=O) groups is 1. The molecule has 0 bridgehead atoms. The van der Waals surface area contributed by atoms with Gasteiger partial charge in [-0.15, -0.1) is 0 Å². The maximum Gasteiger partial charge on any atom is 0.258 e. The number of halogens is 3. The zero-order chi connectivity index (χ0) is 14.0. The Morgan fingerprint density at radius 1 is 1.32 bits per heavy atom. The van der Waals surface area contributed by atoms with Crippen molar-refractivity contribution in [3.63, 3.8) is 0 Å². The molecular weight excluding hydrogens is 395 g/mol. The molecule has 1 aromatic carbocycles. The summed E-state index contributed by atoms with van der Waals surface area (Å²) in [4.78, 5) is 16.0. The van der Waals surface area contributed by atoms with Gasteiger partial charge in [-0.1, -0.05) is 11.6 Å². The van der Waals surface area contributed by atoms with Gasteiger partial charge in [0.15, 0.2) is 0 Å². The van der Waals surface area contributed by atoms with Crippen molar-refractivity contribution < 1.29 is 4.79 Å². The first-order valence-electron chi connectivity index (χ1n) is 5.35. The Morgan fingerprint density at radius 2 is 1.95 bits per heavy atom. The molecular formula is C13H9Br2ClN2O. The van der Waals surface area contributed by atoms with Gasteiger partial charge in [-0.2, -0.15) is 0 Å². The predicted octanol–water partition coefficient (Wildman–Crippen LogP) is 4.82. The van der Waals surface area contributed by atoms with Crippen molar-refractivity contribution in [3.05, 3.63) is 55.7 Å². The number of amides is 1. The molecule has 0 radical (unpaired) electrons. The van der Waals surface area contributed by atoms with Gasteiger partial charge < -0.3 is 5.32 Å². The van der Waals surface area contributed by atoms with Crippen molar-refractivity contribution in [1.82, 2.24) is 4.98 Å². The number of hydrogen-bond donors (Lipinski definition) is 1. The van der Waals surface area contributed by atoms with E-state index >= 15 is 0 Å². The molecule has 0 saturated heterocycles. The number of benzene rings is 1. The maximum absolute atomic E-state index is 12.1. The number of nitrogens with zero attached hydrogens (tertiary/aromatic N) is 1. The van der Waals surface area contributed by atoms with Crippen LogP contribution in [0.5, 0.6) is 0 Å². The van der Waals surface area contributed by atoms with Gasteiger partial charge in [0.25, 0.3) is 5.91 Å². The monoisotopic (exact) mass is 402 g/mol. The molecule has 0 atom stereocenters. The van der Waals surface area contributed by atoms with E-state index in [0.29, 0.717) is 16.3 Å². The highest BCUT2D eigenvalue weighted by Crippen LogP contribution is 2.32. The van der Waals surface area contributed by atoms with Gasteiger partial charge in [0.1, 0.15) is 0 Å². The maximum atomic E-state index is 12.1. The van der Waals surface area contributed by atoms with Crippen LogP contribution in [0.1, 0.15) is 15.9 Å². The average molecular weight is 404 g/mol. The van der Waals surface area contributed by atoms with Crippen LogP contribution in [0.25, 0.3) is 0 Å². The van der Waals surface area contributed by atoms with Crippen molar-refractivity contribution in [2.75, 3.05) is 5.32 Å². The molecule has 1 aromatic heterocycles. The zero-order valence-electron chi connectivity index (χ0n) is 9.88. The molecule has 1 amide bonds. The SMILES string of the molecule is Cc1cc(Br)c(NC(=O)c2cnccc2Cl)c(Br)c1. The van der Waals surface area contributed by atoms with E-state index in [9.17, 15) is 4.79 Å². The first kappa shape index (κ1) is 14.5. The molecule has 0 aliphatic rings. The molecule has 1 heterocycles. The lowest BCUT2D eigenvalue weighted by Crippen LogP contribution is -2.13. The van der Waals surface area contributed by atoms with Crippen LogP contribution < -0.4 is 5.32 Å². The first-order valence-corrected chi connectivity index (χ1v) is 7.32. The fourth-order valence-corrected chi connectivity index (χ4v) is 3.35. The molecule has 2 aromatic rings. The van der Waals surface area contributed by atoms with Crippen molar-refractivity contribution in [1.29, 1.82) is 0 Å². The quantitative estimate of drug-likeness (QED) is 0.780. The Bertz CT molecular complexity index is 623. The third-order valence-electron chi connectivity index (χ3n) is 2.44. The largest absolute Gasteiger partial charge is 0.320 e. The predicted molar refractivity (Wildman–Crippen MR) is 83.8 cm³/mol. The topological polar surface area (TPSA) is 42.0 Å². The summed E-state index contributed by atoms with van der Waals surface area (Å²) in [5.74, 6) is -0.302. The number of pyridine rings is 1. The second-order valence-electron chi connectivity index (χ2n) is 3.91. The van der Waals surface area contributed by atoms with Crippen molar-refractivity contribution in [3.8, 4) is 0 Å². The highest BCUT2D eigenvalue weighted by atomic mass is 79.9. The van der Waals surface area contributed by atoms with Gasteiger partial charge in [-0.25, -0.2) is 0 Å². The molecule has 0 aliphatic carbocycles. The summed E-state index contributed by atoms with van der Waals surface area (Å²) in [6.45, 7) is 1.97. The van der Waals surface area contributed by atoms with Crippen LogP contribution in [-0.2, 0) is 0 Å². The van der Waals surface area contributed by atoms with Gasteiger partial charge in [0, 0.05) is 21.3 Å². The van der Waals surface area contributed by atoms with E-state index in [-0.39, 0.29) is 5.91 Å². The standard InChI is InChI=1S/C13H9Br2ClN2O/c1-7-4-9(14)12(10(15)5-7)18-13(19)8-6-17-3-2-11(8)16/h2-6H,1H3,(H,18,19). The molecule has 0 spiro atoms. The lowest BCUT2D eigenvalue weighted by atomic mass is 10.2. The Morgan fingerprint density at radius 3 is 2.53 bits per heavy atom. The van der Waals surface area contributed by atoms with E-state index in [0.717, 1.165) is 14.5 Å².